The third-order valence-electron chi connectivity index (χ3n) is 5.95. The van der Waals surface area contributed by atoms with E-state index in [1.165, 1.54) is 4.90 Å². The topological polar surface area (TPSA) is 102 Å². The first kappa shape index (κ1) is 25.8. The molecule has 2 heterocycles. The molecule has 4 rings (SSSR count). The normalized spacial score (nSPS) is 11.9. The van der Waals surface area contributed by atoms with Gasteiger partial charge in [0.2, 0.25) is 11.8 Å². The number of anilines is 1. The van der Waals surface area contributed by atoms with Crippen molar-refractivity contribution in [2.24, 2.45) is 5.92 Å². The van der Waals surface area contributed by atoms with Crippen molar-refractivity contribution in [1.29, 1.82) is 0 Å². The molecule has 9 nitrogen and oxygen atoms in total. The number of ether oxygens (including phenoxy) is 1. The first-order valence-electron chi connectivity index (χ1n) is 12.5. The molecule has 4 aromatic rings. The second kappa shape index (κ2) is 12.1. The van der Waals surface area contributed by atoms with Crippen LogP contribution in [0.1, 0.15) is 38.8 Å². The van der Waals surface area contributed by atoms with E-state index in [9.17, 15) is 9.59 Å². The lowest BCUT2D eigenvalue weighted by Gasteiger charge is -2.31. The highest BCUT2D eigenvalue weighted by molar-refractivity contribution is 6.01. The van der Waals surface area contributed by atoms with Crippen LogP contribution < -0.4 is 15.0 Å². The number of nitrogens with zero attached hydrogens (tertiary/aromatic N) is 5. The van der Waals surface area contributed by atoms with Crippen molar-refractivity contribution in [2.45, 2.75) is 39.8 Å². The summed E-state index contributed by atoms with van der Waals surface area (Å²) in [6.07, 6.45) is 4.07. The molecule has 0 saturated heterocycles. The van der Waals surface area contributed by atoms with Crippen LogP contribution in [-0.2, 0) is 16.1 Å². The number of rotatable bonds is 11. The van der Waals surface area contributed by atoms with Crippen LogP contribution in [0.15, 0.2) is 73.1 Å². The number of hydrogen-bond donors (Lipinski definition) is 1. The van der Waals surface area contributed by atoms with Gasteiger partial charge in [0.25, 0.3) is 0 Å². The molecule has 0 fully saturated rings. The molecular weight excluding hydrogens is 468 g/mol. The summed E-state index contributed by atoms with van der Waals surface area (Å²) in [5, 5.41) is 11.4. The Morgan fingerprint density at radius 1 is 1.03 bits per heavy atom. The van der Waals surface area contributed by atoms with Gasteiger partial charge < -0.3 is 10.1 Å². The van der Waals surface area contributed by atoms with Gasteiger partial charge in [-0.1, -0.05) is 31.2 Å². The number of amides is 2. The number of carbonyl (C=O) groups is 2. The molecule has 0 bridgehead atoms. The zero-order valence-corrected chi connectivity index (χ0v) is 21.4. The van der Waals surface area contributed by atoms with Crippen molar-refractivity contribution >= 4 is 28.5 Å². The summed E-state index contributed by atoms with van der Waals surface area (Å²) in [5.41, 5.74) is 2.66. The number of pyridine rings is 1. The summed E-state index contributed by atoms with van der Waals surface area (Å²) in [6.45, 7) is 7.06. The number of benzene rings is 2. The lowest BCUT2D eigenvalue weighted by molar-refractivity contribution is -0.127. The van der Waals surface area contributed by atoms with Gasteiger partial charge in [0.05, 0.1) is 12.1 Å². The minimum absolute atomic E-state index is 0.0887. The molecule has 0 aliphatic rings. The Bertz CT molecular complexity index is 1320. The van der Waals surface area contributed by atoms with Gasteiger partial charge in [-0.15, -0.1) is 5.10 Å². The van der Waals surface area contributed by atoms with Gasteiger partial charge in [-0.3, -0.25) is 19.5 Å². The number of fused-ring (bicyclic) bond motifs is 1. The van der Waals surface area contributed by atoms with Crippen molar-refractivity contribution in [3.05, 3.63) is 78.6 Å². The average Bonchev–Trinajstić information content (AvgIpc) is 3.31. The van der Waals surface area contributed by atoms with E-state index >= 15 is 0 Å². The van der Waals surface area contributed by atoms with Crippen molar-refractivity contribution < 1.29 is 14.3 Å². The van der Waals surface area contributed by atoms with E-state index in [2.05, 4.69) is 34.5 Å². The highest BCUT2D eigenvalue weighted by Gasteiger charge is 2.33. The minimum Gasteiger partial charge on any atom is -0.494 e. The van der Waals surface area contributed by atoms with Crippen LogP contribution in [-0.4, -0.2) is 44.9 Å². The molecular formula is C28H32N6O3. The molecule has 0 radical (unpaired) electrons. The molecule has 192 valence electrons. The number of carbonyl (C=O) groups excluding carboxylic acids is 2. The smallest absolute Gasteiger partial charge is 0.249 e. The van der Waals surface area contributed by atoms with E-state index in [1.54, 1.807) is 53.5 Å². The number of para-hydroxylation sites is 1. The molecule has 0 spiro atoms. The maximum absolute atomic E-state index is 14.0. The molecule has 0 aliphatic carbocycles. The Labute approximate surface area is 216 Å². The number of nitrogens with one attached hydrogen (secondary N) is 1. The Kier molecular flexibility index (Phi) is 8.45. The third-order valence-corrected chi connectivity index (χ3v) is 5.95. The lowest BCUT2D eigenvalue weighted by Crippen LogP contribution is -2.45. The predicted molar refractivity (Wildman–Crippen MR) is 142 cm³/mol. The highest BCUT2D eigenvalue weighted by atomic mass is 16.5. The molecule has 0 unspecified atom stereocenters. The van der Waals surface area contributed by atoms with Crippen LogP contribution in [0.5, 0.6) is 5.75 Å². The van der Waals surface area contributed by atoms with Gasteiger partial charge in [0.1, 0.15) is 23.9 Å². The van der Waals surface area contributed by atoms with Crippen LogP contribution in [0.2, 0.25) is 0 Å². The average molecular weight is 501 g/mol. The summed E-state index contributed by atoms with van der Waals surface area (Å²) in [6, 6.07) is 17.2. The fraction of sp³-hybridized carbons (Fsp3) is 0.321. The van der Waals surface area contributed by atoms with Crippen molar-refractivity contribution in [1.82, 2.24) is 25.3 Å². The largest absolute Gasteiger partial charge is 0.494 e. The number of aromatic nitrogens is 4. The summed E-state index contributed by atoms with van der Waals surface area (Å²) in [7, 11) is 0. The van der Waals surface area contributed by atoms with Gasteiger partial charge in [-0.25, -0.2) is 4.68 Å². The first-order valence-corrected chi connectivity index (χ1v) is 12.5. The summed E-state index contributed by atoms with van der Waals surface area (Å²) in [4.78, 5) is 33.2. The van der Waals surface area contributed by atoms with Gasteiger partial charge in [0, 0.05) is 24.6 Å². The summed E-state index contributed by atoms with van der Waals surface area (Å²) in [5.74, 6) is 0.546. The van der Waals surface area contributed by atoms with E-state index in [4.69, 9.17) is 4.74 Å². The molecule has 2 aromatic carbocycles. The quantitative estimate of drug-likeness (QED) is 0.332. The Morgan fingerprint density at radius 3 is 2.46 bits per heavy atom. The van der Waals surface area contributed by atoms with E-state index in [0.29, 0.717) is 41.6 Å². The molecule has 0 saturated carbocycles. The van der Waals surface area contributed by atoms with Crippen LogP contribution in [0.4, 0.5) is 5.69 Å². The minimum atomic E-state index is -0.907. The van der Waals surface area contributed by atoms with Gasteiger partial charge in [-0.2, -0.15) is 0 Å². The standard InChI is InChI=1S/C28H32N6O3/c1-4-37-23-11-9-22(10-12-23)34(26(35)19-33-25-8-6-5-7-24(25)31-32-33)27(21-14-16-29-17-15-21)28(36)30-18-13-20(2)3/h5-12,14-17,20,27H,4,13,18-19H2,1-3H3,(H,30,36)/t27-/m1/s1. The zero-order chi connectivity index (χ0) is 26.2. The zero-order valence-electron chi connectivity index (χ0n) is 21.4. The highest BCUT2D eigenvalue weighted by Crippen LogP contribution is 2.30. The predicted octanol–water partition coefficient (Wildman–Crippen LogP) is 4.16. The fourth-order valence-corrected chi connectivity index (χ4v) is 4.09. The van der Waals surface area contributed by atoms with Gasteiger partial charge >= 0.3 is 0 Å². The SMILES string of the molecule is CCOc1ccc(N(C(=O)Cn2nnc3ccccc32)[C@@H](C(=O)NCCC(C)C)c2ccncc2)cc1. The molecule has 9 heteroatoms. The monoisotopic (exact) mass is 500 g/mol. The molecule has 0 aliphatic heterocycles. The fourth-order valence-electron chi connectivity index (χ4n) is 4.09. The Hall–Kier alpha value is -4.27. The third kappa shape index (κ3) is 6.30. The second-order valence-electron chi connectivity index (χ2n) is 9.08. The van der Waals surface area contributed by atoms with Crippen LogP contribution in [0, 0.1) is 5.92 Å². The molecule has 2 aromatic heterocycles. The van der Waals surface area contributed by atoms with Crippen LogP contribution in [0.25, 0.3) is 11.0 Å². The van der Waals surface area contributed by atoms with Crippen molar-refractivity contribution in [2.75, 3.05) is 18.1 Å². The Morgan fingerprint density at radius 2 is 1.76 bits per heavy atom. The molecule has 1 atom stereocenters. The van der Waals surface area contributed by atoms with Crippen molar-refractivity contribution in [3.8, 4) is 5.75 Å². The first-order chi connectivity index (χ1) is 18.0. The molecule has 2 amide bonds. The van der Waals surface area contributed by atoms with E-state index in [1.807, 2.05) is 31.2 Å². The van der Waals surface area contributed by atoms with Crippen LogP contribution >= 0.6 is 0 Å². The summed E-state index contributed by atoms with van der Waals surface area (Å²) < 4.78 is 7.14. The summed E-state index contributed by atoms with van der Waals surface area (Å²) >= 11 is 0. The molecule has 1 N–H and O–H groups in total. The van der Waals surface area contributed by atoms with Gasteiger partial charge in [-0.05, 0) is 73.4 Å². The maximum atomic E-state index is 14.0. The van der Waals surface area contributed by atoms with E-state index in [0.717, 1.165) is 11.9 Å². The van der Waals surface area contributed by atoms with E-state index in [-0.39, 0.29) is 18.4 Å². The van der Waals surface area contributed by atoms with E-state index < -0.39 is 6.04 Å². The molecule has 37 heavy (non-hydrogen) atoms. The Balaban J connectivity index is 1.74. The lowest BCUT2D eigenvalue weighted by atomic mass is 10.0. The van der Waals surface area contributed by atoms with Crippen LogP contribution in [0.3, 0.4) is 0 Å². The second-order valence-corrected chi connectivity index (χ2v) is 9.08. The maximum Gasteiger partial charge on any atom is 0.249 e. The number of hydrogen-bond acceptors (Lipinski definition) is 6. The van der Waals surface area contributed by atoms with Crippen molar-refractivity contribution in [3.63, 3.8) is 0 Å². The van der Waals surface area contributed by atoms with Gasteiger partial charge in [0.15, 0.2) is 0 Å².